The van der Waals surface area contributed by atoms with Crippen LogP contribution in [-0.2, 0) is 16.6 Å². The SMILES string of the molecule is Cc1cc(-c2cccc(NS(C)(=O)=O)c2)cc2c1C(=O)N(CC1CC1(C)C)C2. The van der Waals surface area contributed by atoms with Crippen LogP contribution in [0.1, 0.15) is 41.8 Å². The molecule has 1 aliphatic carbocycles. The number of rotatable bonds is 5. The van der Waals surface area contributed by atoms with E-state index < -0.39 is 10.0 Å². The van der Waals surface area contributed by atoms with Crippen LogP contribution >= 0.6 is 0 Å². The van der Waals surface area contributed by atoms with Gasteiger partial charge in [-0.1, -0.05) is 32.0 Å². The largest absolute Gasteiger partial charge is 0.334 e. The van der Waals surface area contributed by atoms with E-state index in [-0.39, 0.29) is 5.91 Å². The second kappa shape index (κ2) is 6.34. The topological polar surface area (TPSA) is 66.5 Å². The first-order valence-electron chi connectivity index (χ1n) is 9.54. The monoisotopic (exact) mass is 398 g/mol. The fraction of sp³-hybridized carbons (Fsp3) is 0.409. The zero-order valence-electron chi connectivity index (χ0n) is 16.7. The van der Waals surface area contributed by atoms with E-state index in [2.05, 4.69) is 24.6 Å². The molecule has 4 rings (SSSR count). The Hall–Kier alpha value is -2.34. The smallest absolute Gasteiger partial charge is 0.254 e. The van der Waals surface area contributed by atoms with Gasteiger partial charge >= 0.3 is 0 Å². The molecule has 148 valence electrons. The molecule has 2 aromatic rings. The highest BCUT2D eigenvalue weighted by molar-refractivity contribution is 7.92. The molecule has 1 saturated carbocycles. The Balaban J connectivity index is 1.62. The van der Waals surface area contributed by atoms with Crippen LogP contribution in [0.15, 0.2) is 36.4 Å². The predicted octanol–water partition coefficient (Wildman–Crippen LogP) is 4.04. The summed E-state index contributed by atoms with van der Waals surface area (Å²) >= 11 is 0. The molecule has 1 heterocycles. The maximum atomic E-state index is 12.9. The van der Waals surface area contributed by atoms with Crippen LogP contribution < -0.4 is 4.72 Å². The molecule has 0 saturated heterocycles. The maximum absolute atomic E-state index is 12.9. The lowest BCUT2D eigenvalue weighted by molar-refractivity contribution is 0.0765. The van der Waals surface area contributed by atoms with Gasteiger partial charge in [0.25, 0.3) is 5.91 Å². The van der Waals surface area contributed by atoms with Gasteiger partial charge in [-0.05, 0) is 65.1 Å². The van der Waals surface area contributed by atoms with Gasteiger partial charge in [0, 0.05) is 24.3 Å². The van der Waals surface area contributed by atoms with Crippen molar-refractivity contribution in [3.8, 4) is 11.1 Å². The summed E-state index contributed by atoms with van der Waals surface area (Å²) in [5.74, 6) is 0.721. The molecule has 1 unspecified atom stereocenters. The summed E-state index contributed by atoms with van der Waals surface area (Å²) in [4.78, 5) is 14.9. The van der Waals surface area contributed by atoms with E-state index in [1.807, 2.05) is 36.1 Å². The van der Waals surface area contributed by atoms with Gasteiger partial charge in [0.2, 0.25) is 10.0 Å². The number of amides is 1. The van der Waals surface area contributed by atoms with Crippen molar-refractivity contribution in [2.24, 2.45) is 11.3 Å². The first-order valence-corrected chi connectivity index (χ1v) is 11.4. The zero-order valence-corrected chi connectivity index (χ0v) is 17.6. The Labute approximate surface area is 166 Å². The highest BCUT2D eigenvalue weighted by Crippen LogP contribution is 2.52. The van der Waals surface area contributed by atoms with Crippen LogP contribution in [0.4, 0.5) is 5.69 Å². The van der Waals surface area contributed by atoms with E-state index >= 15 is 0 Å². The van der Waals surface area contributed by atoms with E-state index in [4.69, 9.17) is 0 Å². The van der Waals surface area contributed by atoms with Crippen molar-refractivity contribution in [3.63, 3.8) is 0 Å². The van der Waals surface area contributed by atoms with Crippen LogP contribution in [0.2, 0.25) is 0 Å². The minimum atomic E-state index is -3.32. The molecule has 1 amide bonds. The summed E-state index contributed by atoms with van der Waals surface area (Å²) in [5, 5.41) is 0. The van der Waals surface area contributed by atoms with Crippen LogP contribution in [0.3, 0.4) is 0 Å². The molecule has 0 bridgehead atoms. The van der Waals surface area contributed by atoms with Crippen LogP contribution in [0.5, 0.6) is 0 Å². The highest BCUT2D eigenvalue weighted by atomic mass is 32.2. The Morgan fingerprint density at radius 1 is 1.18 bits per heavy atom. The number of sulfonamides is 1. The maximum Gasteiger partial charge on any atom is 0.254 e. The quantitative estimate of drug-likeness (QED) is 0.827. The number of hydrogen-bond acceptors (Lipinski definition) is 3. The number of hydrogen-bond donors (Lipinski definition) is 1. The summed E-state index contributed by atoms with van der Waals surface area (Å²) in [6, 6.07) is 11.4. The summed E-state index contributed by atoms with van der Waals surface area (Å²) in [6.45, 7) is 7.96. The Kier molecular flexibility index (Phi) is 4.30. The molecule has 0 aromatic heterocycles. The standard InChI is InChI=1S/C22H26N2O3S/c1-14-8-16(15-6-5-7-19(10-15)23-28(4,26)27)9-17-12-24(21(25)20(14)17)13-18-11-22(18,2)3/h5-10,18,23H,11-13H2,1-4H3. The molecule has 1 fully saturated rings. The Morgan fingerprint density at radius 3 is 2.54 bits per heavy atom. The summed E-state index contributed by atoms with van der Waals surface area (Å²) < 4.78 is 25.5. The third kappa shape index (κ3) is 3.65. The zero-order chi connectivity index (χ0) is 20.3. The third-order valence-electron chi connectivity index (χ3n) is 5.94. The fourth-order valence-corrected chi connectivity index (χ4v) is 4.73. The first kappa shape index (κ1) is 19.0. The predicted molar refractivity (Wildman–Crippen MR) is 112 cm³/mol. The molecule has 2 aliphatic rings. The molecule has 6 heteroatoms. The molecule has 28 heavy (non-hydrogen) atoms. The number of carbonyl (C=O) groups excluding carboxylic acids is 1. The van der Waals surface area contributed by atoms with E-state index in [1.54, 1.807) is 6.07 Å². The highest BCUT2D eigenvalue weighted by Gasteiger charge is 2.47. The van der Waals surface area contributed by atoms with Crippen LogP contribution in [-0.4, -0.2) is 32.0 Å². The number of carbonyl (C=O) groups is 1. The van der Waals surface area contributed by atoms with Gasteiger partial charge in [-0.3, -0.25) is 9.52 Å². The van der Waals surface area contributed by atoms with Gasteiger partial charge in [0.05, 0.1) is 6.26 Å². The van der Waals surface area contributed by atoms with Crippen molar-refractivity contribution >= 4 is 21.6 Å². The summed E-state index contributed by atoms with van der Waals surface area (Å²) in [5.41, 5.74) is 5.65. The Morgan fingerprint density at radius 2 is 1.89 bits per heavy atom. The number of aryl methyl sites for hydroxylation is 1. The Bertz CT molecular complexity index is 1070. The minimum absolute atomic E-state index is 0.134. The van der Waals surface area contributed by atoms with Gasteiger partial charge in [-0.25, -0.2) is 8.42 Å². The first-order chi connectivity index (χ1) is 13.0. The van der Waals surface area contributed by atoms with Gasteiger partial charge in [-0.2, -0.15) is 0 Å². The van der Waals surface area contributed by atoms with Gasteiger partial charge in [0.15, 0.2) is 0 Å². The average Bonchev–Trinajstić information content (AvgIpc) is 3.04. The average molecular weight is 399 g/mol. The van der Waals surface area contributed by atoms with Crippen molar-refractivity contribution in [2.45, 2.75) is 33.7 Å². The lowest BCUT2D eigenvalue weighted by Gasteiger charge is -2.16. The summed E-state index contributed by atoms with van der Waals surface area (Å²) in [7, 11) is -3.32. The molecular weight excluding hydrogens is 372 g/mol. The molecule has 1 N–H and O–H groups in total. The van der Waals surface area contributed by atoms with E-state index in [1.165, 1.54) is 6.42 Å². The summed E-state index contributed by atoms with van der Waals surface area (Å²) in [6.07, 6.45) is 2.32. The molecule has 0 spiro atoms. The van der Waals surface area contributed by atoms with Gasteiger partial charge in [0.1, 0.15) is 0 Å². The lowest BCUT2D eigenvalue weighted by atomic mass is 9.96. The van der Waals surface area contributed by atoms with E-state index in [0.717, 1.165) is 40.6 Å². The molecule has 2 aromatic carbocycles. The lowest BCUT2D eigenvalue weighted by Crippen LogP contribution is -2.27. The normalized spacial score (nSPS) is 20.2. The molecular formula is C22H26N2O3S. The van der Waals surface area contributed by atoms with Crippen molar-refractivity contribution in [1.29, 1.82) is 0 Å². The van der Waals surface area contributed by atoms with E-state index in [9.17, 15) is 13.2 Å². The third-order valence-corrected chi connectivity index (χ3v) is 6.54. The number of nitrogens with one attached hydrogen (secondary N) is 1. The van der Waals surface area contributed by atoms with E-state index in [0.29, 0.717) is 23.6 Å². The van der Waals surface area contributed by atoms with Gasteiger partial charge < -0.3 is 4.90 Å². The van der Waals surface area contributed by atoms with Crippen molar-refractivity contribution < 1.29 is 13.2 Å². The second-order valence-electron chi connectivity index (χ2n) is 8.86. The van der Waals surface area contributed by atoms with Crippen molar-refractivity contribution in [2.75, 3.05) is 17.5 Å². The fourth-order valence-electron chi connectivity index (χ4n) is 4.17. The van der Waals surface area contributed by atoms with Crippen molar-refractivity contribution in [3.05, 3.63) is 53.1 Å². The number of nitrogens with zero attached hydrogens (tertiary/aromatic N) is 1. The molecule has 0 radical (unpaired) electrons. The molecule has 5 nitrogen and oxygen atoms in total. The van der Waals surface area contributed by atoms with Crippen LogP contribution in [0.25, 0.3) is 11.1 Å². The van der Waals surface area contributed by atoms with Crippen LogP contribution in [0, 0.1) is 18.3 Å². The minimum Gasteiger partial charge on any atom is -0.334 e. The van der Waals surface area contributed by atoms with Gasteiger partial charge in [-0.15, -0.1) is 0 Å². The second-order valence-corrected chi connectivity index (χ2v) is 10.6. The number of fused-ring (bicyclic) bond motifs is 1. The number of anilines is 1. The molecule has 1 aliphatic heterocycles. The van der Waals surface area contributed by atoms with Crippen molar-refractivity contribution in [1.82, 2.24) is 4.90 Å². The molecule has 1 atom stereocenters. The number of benzene rings is 2.